The third-order valence-electron chi connectivity index (χ3n) is 2.07. The Morgan fingerprint density at radius 1 is 1.58 bits per heavy atom. The van der Waals surface area contributed by atoms with Gasteiger partial charge in [-0.05, 0) is 25.0 Å². The molecule has 0 aliphatic carbocycles. The average molecular weight is 166 g/mol. The van der Waals surface area contributed by atoms with Gasteiger partial charge in [0.2, 0.25) is 0 Å². The molecule has 2 heteroatoms. The first kappa shape index (κ1) is 9.33. The van der Waals surface area contributed by atoms with Gasteiger partial charge in [0.05, 0.1) is 0 Å². The SMILES string of the molecule is CCCCn1ccc(C(C)N)c1. The van der Waals surface area contributed by atoms with E-state index >= 15 is 0 Å². The quantitative estimate of drug-likeness (QED) is 0.731. The van der Waals surface area contributed by atoms with E-state index in [1.54, 1.807) is 0 Å². The largest absolute Gasteiger partial charge is 0.354 e. The molecule has 1 rings (SSSR count). The number of aryl methyl sites for hydroxylation is 1. The summed E-state index contributed by atoms with van der Waals surface area (Å²) in [5, 5.41) is 0. The number of rotatable bonds is 4. The zero-order valence-electron chi connectivity index (χ0n) is 7.96. The molecule has 0 aliphatic heterocycles. The van der Waals surface area contributed by atoms with Crippen LogP contribution in [-0.4, -0.2) is 4.57 Å². The van der Waals surface area contributed by atoms with Gasteiger partial charge in [-0.15, -0.1) is 0 Å². The van der Waals surface area contributed by atoms with E-state index in [9.17, 15) is 0 Å². The lowest BCUT2D eigenvalue weighted by molar-refractivity contribution is 0.632. The van der Waals surface area contributed by atoms with Gasteiger partial charge in [0.15, 0.2) is 0 Å². The maximum Gasteiger partial charge on any atom is 0.0281 e. The topological polar surface area (TPSA) is 30.9 Å². The molecule has 0 radical (unpaired) electrons. The Hall–Kier alpha value is -0.760. The fourth-order valence-electron chi connectivity index (χ4n) is 1.21. The number of unbranched alkanes of at least 4 members (excludes halogenated alkanes) is 1. The molecule has 1 aromatic rings. The highest BCUT2D eigenvalue weighted by atomic mass is 14.9. The van der Waals surface area contributed by atoms with Crippen LogP contribution in [0.4, 0.5) is 0 Å². The van der Waals surface area contributed by atoms with Gasteiger partial charge in [0.25, 0.3) is 0 Å². The van der Waals surface area contributed by atoms with Crippen molar-refractivity contribution in [3.8, 4) is 0 Å². The fourth-order valence-corrected chi connectivity index (χ4v) is 1.21. The van der Waals surface area contributed by atoms with E-state index in [1.165, 1.54) is 18.4 Å². The minimum absolute atomic E-state index is 0.160. The van der Waals surface area contributed by atoms with Crippen LogP contribution in [0.25, 0.3) is 0 Å². The molecule has 0 aromatic carbocycles. The molecule has 0 bridgehead atoms. The summed E-state index contributed by atoms with van der Waals surface area (Å²) < 4.78 is 2.21. The summed E-state index contributed by atoms with van der Waals surface area (Å²) in [6, 6.07) is 2.26. The van der Waals surface area contributed by atoms with Crippen LogP contribution < -0.4 is 5.73 Å². The standard InChI is InChI=1S/C10H18N2/c1-3-4-6-12-7-5-10(8-12)9(2)11/h5,7-9H,3-4,6,11H2,1-2H3. The van der Waals surface area contributed by atoms with Gasteiger partial charge in [-0.25, -0.2) is 0 Å². The van der Waals surface area contributed by atoms with Crippen molar-refractivity contribution in [3.05, 3.63) is 24.0 Å². The lowest BCUT2D eigenvalue weighted by Crippen LogP contribution is -2.03. The first-order valence-electron chi connectivity index (χ1n) is 4.65. The minimum atomic E-state index is 0.160. The highest BCUT2D eigenvalue weighted by molar-refractivity contribution is 5.13. The third kappa shape index (κ3) is 2.38. The monoisotopic (exact) mass is 166 g/mol. The lowest BCUT2D eigenvalue weighted by atomic mass is 10.2. The number of nitrogens with zero attached hydrogens (tertiary/aromatic N) is 1. The number of nitrogens with two attached hydrogens (primary N) is 1. The van der Waals surface area contributed by atoms with E-state index in [-0.39, 0.29) is 6.04 Å². The van der Waals surface area contributed by atoms with Gasteiger partial charge in [-0.2, -0.15) is 0 Å². The van der Waals surface area contributed by atoms with Crippen LogP contribution in [0.1, 0.15) is 38.3 Å². The van der Waals surface area contributed by atoms with Gasteiger partial charge >= 0.3 is 0 Å². The van der Waals surface area contributed by atoms with E-state index in [0.29, 0.717) is 0 Å². The zero-order valence-corrected chi connectivity index (χ0v) is 7.96. The van der Waals surface area contributed by atoms with Crippen LogP contribution in [-0.2, 0) is 6.54 Å². The van der Waals surface area contributed by atoms with Gasteiger partial charge in [0, 0.05) is 25.0 Å². The first-order valence-corrected chi connectivity index (χ1v) is 4.65. The van der Waals surface area contributed by atoms with Crippen molar-refractivity contribution in [2.24, 2.45) is 5.73 Å². The minimum Gasteiger partial charge on any atom is -0.354 e. The maximum atomic E-state index is 5.74. The summed E-state index contributed by atoms with van der Waals surface area (Å²) in [6.45, 7) is 5.33. The Bertz CT molecular complexity index is 225. The number of hydrogen-bond donors (Lipinski definition) is 1. The molecule has 2 nitrogen and oxygen atoms in total. The Morgan fingerprint density at radius 2 is 2.33 bits per heavy atom. The smallest absolute Gasteiger partial charge is 0.0281 e. The average Bonchev–Trinajstić information content (AvgIpc) is 2.48. The van der Waals surface area contributed by atoms with E-state index in [0.717, 1.165) is 6.54 Å². The predicted octanol–water partition coefficient (Wildman–Crippen LogP) is 2.31. The molecule has 1 atom stereocenters. The van der Waals surface area contributed by atoms with Crippen molar-refractivity contribution in [1.82, 2.24) is 4.57 Å². The molecule has 0 spiro atoms. The highest BCUT2D eigenvalue weighted by Gasteiger charge is 2.00. The summed E-state index contributed by atoms with van der Waals surface area (Å²) in [6.07, 6.45) is 6.73. The molecule has 12 heavy (non-hydrogen) atoms. The zero-order chi connectivity index (χ0) is 8.97. The summed E-state index contributed by atoms with van der Waals surface area (Å²) >= 11 is 0. The molecule has 1 unspecified atom stereocenters. The molecule has 68 valence electrons. The number of aromatic nitrogens is 1. The molecule has 0 fully saturated rings. The van der Waals surface area contributed by atoms with Crippen LogP contribution in [0.15, 0.2) is 18.5 Å². The maximum absolute atomic E-state index is 5.74. The van der Waals surface area contributed by atoms with Crippen molar-refractivity contribution in [2.45, 2.75) is 39.3 Å². The fraction of sp³-hybridized carbons (Fsp3) is 0.600. The van der Waals surface area contributed by atoms with Crippen LogP contribution in [0.3, 0.4) is 0 Å². The molecular formula is C10H18N2. The van der Waals surface area contributed by atoms with Crippen molar-refractivity contribution >= 4 is 0 Å². The van der Waals surface area contributed by atoms with E-state index in [1.807, 2.05) is 6.92 Å². The van der Waals surface area contributed by atoms with Crippen molar-refractivity contribution in [2.75, 3.05) is 0 Å². The van der Waals surface area contributed by atoms with Crippen molar-refractivity contribution in [3.63, 3.8) is 0 Å². The van der Waals surface area contributed by atoms with E-state index in [2.05, 4.69) is 30.0 Å². The first-order chi connectivity index (χ1) is 5.74. The van der Waals surface area contributed by atoms with E-state index < -0.39 is 0 Å². The van der Waals surface area contributed by atoms with Crippen LogP contribution >= 0.6 is 0 Å². The summed E-state index contributed by atoms with van der Waals surface area (Å²) in [5.41, 5.74) is 6.97. The molecular weight excluding hydrogens is 148 g/mol. The van der Waals surface area contributed by atoms with Crippen molar-refractivity contribution < 1.29 is 0 Å². The second-order valence-electron chi connectivity index (χ2n) is 3.32. The Balaban J connectivity index is 2.52. The summed E-state index contributed by atoms with van der Waals surface area (Å²) in [4.78, 5) is 0. The van der Waals surface area contributed by atoms with Crippen LogP contribution in [0.5, 0.6) is 0 Å². The second-order valence-corrected chi connectivity index (χ2v) is 3.32. The predicted molar refractivity (Wildman–Crippen MR) is 51.9 cm³/mol. The molecule has 0 saturated heterocycles. The Kier molecular flexibility index (Phi) is 3.35. The lowest BCUT2D eigenvalue weighted by Gasteiger charge is -2.01. The van der Waals surface area contributed by atoms with Gasteiger partial charge in [-0.1, -0.05) is 13.3 Å². The molecule has 0 amide bonds. The Morgan fingerprint density at radius 3 is 2.83 bits per heavy atom. The molecule has 0 aliphatic rings. The molecule has 1 heterocycles. The summed E-state index contributed by atoms with van der Waals surface area (Å²) in [5.74, 6) is 0. The van der Waals surface area contributed by atoms with Crippen molar-refractivity contribution in [1.29, 1.82) is 0 Å². The van der Waals surface area contributed by atoms with Gasteiger partial charge in [-0.3, -0.25) is 0 Å². The highest BCUT2D eigenvalue weighted by Crippen LogP contribution is 2.10. The molecule has 1 aromatic heterocycles. The molecule has 0 saturated carbocycles. The van der Waals surface area contributed by atoms with Crippen LogP contribution in [0.2, 0.25) is 0 Å². The normalized spacial score (nSPS) is 13.2. The van der Waals surface area contributed by atoms with Gasteiger partial charge < -0.3 is 10.3 Å². The third-order valence-corrected chi connectivity index (χ3v) is 2.07. The molecule has 2 N–H and O–H groups in total. The van der Waals surface area contributed by atoms with Gasteiger partial charge in [0.1, 0.15) is 0 Å². The second kappa shape index (κ2) is 4.31. The van der Waals surface area contributed by atoms with Crippen LogP contribution in [0, 0.1) is 0 Å². The summed E-state index contributed by atoms with van der Waals surface area (Å²) in [7, 11) is 0. The van der Waals surface area contributed by atoms with E-state index in [4.69, 9.17) is 5.73 Å². The number of hydrogen-bond acceptors (Lipinski definition) is 1. The Labute approximate surface area is 74.4 Å².